The van der Waals surface area contributed by atoms with Gasteiger partial charge in [-0.15, -0.1) is 0 Å². The highest BCUT2D eigenvalue weighted by Gasteiger charge is 2.45. The van der Waals surface area contributed by atoms with Crippen molar-refractivity contribution >= 4 is 16.0 Å². The number of ether oxygens (including phenoxy) is 1. The summed E-state index contributed by atoms with van der Waals surface area (Å²) in [6.07, 6.45) is 1.98. The Hall–Kier alpha value is -1.44. The van der Waals surface area contributed by atoms with Crippen LogP contribution >= 0.6 is 0 Å². The normalized spacial score (nSPS) is 27.9. The van der Waals surface area contributed by atoms with Gasteiger partial charge in [-0.25, -0.2) is 13.2 Å². The molecule has 0 amide bonds. The lowest BCUT2D eigenvalue weighted by Crippen LogP contribution is -2.33. The van der Waals surface area contributed by atoms with Crippen LogP contribution in [0.2, 0.25) is 0 Å². The maximum Gasteiger partial charge on any atom is 0.337 e. The zero-order valence-electron chi connectivity index (χ0n) is 13.4. The van der Waals surface area contributed by atoms with Crippen LogP contribution in [-0.2, 0) is 14.8 Å². The molecule has 2 aliphatic rings. The summed E-state index contributed by atoms with van der Waals surface area (Å²) in [5, 5.41) is 0. The maximum atomic E-state index is 12.9. The van der Waals surface area contributed by atoms with E-state index in [1.165, 1.54) is 19.2 Å². The molecule has 1 aliphatic heterocycles. The average molecular weight is 338 g/mol. The van der Waals surface area contributed by atoms with Crippen LogP contribution in [0.3, 0.4) is 0 Å². The fraction of sp³-hybridized carbons (Fsp3) is 0.562. The fourth-order valence-corrected chi connectivity index (χ4v) is 5.53. The molecule has 7 heteroatoms. The van der Waals surface area contributed by atoms with E-state index in [0.717, 1.165) is 12.8 Å². The Morgan fingerprint density at radius 3 is 2.65 bits per heavy atom. The number of carbonyl (C=O) groups is 1. The van der Waals surface area contributed by atoms with Crippen LogP contribution in [0, 0.1) is 18.8 Å². The van der Waals surface area contributed by atoms with E-state index < -0.39 is 16.0 Å². The predicted molar refractivity (Wildman–Crippen MR) is 85.5 cm³/mol. The van der Waals surface area contributed by atoms with Crippen molar-refractivity contribution in [1.29, 1.82) is 0 Å². The van der Waals surface area contributed by atoms with E-state index in [4.69, 9.17) is 5.73 Å². The molecule has 2 fully saturated rings. The van der Waals surface area contributed by atoms with E-state index in [9.17, 15) is 13.2 Å². The molecule has 2 N–H and O–H groups in total. The van der Waals surface area contributed by atoms with Gasteiger partial charge in [-0.05, 0) is 55.4 Å². The Labute approximate surface area is 136 Å². The smallest absolute Gasteiger partial charge is 0.337 e. The van der Waals surface area contributed by atoms with Crippen LogP contribution in [-0.4, -0.2) is 44.9 Å². The molecule has 1 saturated carbocycles. The van der Waals surface area contributed by atoms with Gasteiger partial charge in [0.15, 0.2) is 0 Å². The zero-order chi connectivity index (χ0) is 16.8. The first-order valence-corrected chi connectivity index (χ1v) is 9.23. The second-order valence-electron chi connectivity index (χ2n) is 6.46. The van der Waals surface area contributed by atoms with Gasteiger partial charge in [0.1, 0.15) is 0 Å². The van der Waals surface area contributed by atoms with Crippen molar-refractivity contribution in [2.24, 2.45) is 17.6 Å². The quantitative estimate of drug-likeness (QED) is 0.835. The topological polar surface area (TPSA) is 89.7 Å². The van der Waals surface area contributed by atoms with Crippen molar-refractivity contribution in [1.82, 2.24) is 4.31 Å². The van der Waals surface area contributed by atoms with E-state index in [0.29, 0.717) is 30.1 Å². The van der Waals surface area contributed by atoms with Gasteiger partial charge in [-0.1, -0.05) is 0 Å². The molecule has 1 aromatic carbocycles. The van der Waals surface area contributed by atoms with E-state index >= 15 is 0 Å². The van der Waals surface area contributed by atoms with Crippen LogP contribution in [0.1, 0.15) is 28.8 Å². The third-order valence-corrected chi connectivity index (χ3v) is 7.08. The SMILES string of the molecule is COC(=O)c1ccc(S(=O)(=O)N2CC3CCC(N)C3C2)c(C)c1. The molecule has 1 aliphatic carbocycles. The summed E-state index contributed by atoms with van der Waals surface area (Å²) >= 11 is 0. The maximum absolute atomic E-state index is 12.9. The number of nitrogens with two attached hydrogens (primary N) is 1. The molecular weight excluding hydrogens is 316 g/mol. The van der Waals surface area contributed by atoms with Gasteiger partial charge >= 0.3 is 5.97 Å². The lowest BCUT2D eigenvalue weighted by atomic mass is 9.98. The Morgan fingerprint density at radius 2 is 2.04 bits per heavy atom. The molecule has 23 heavy (non-hydrogen) atoms. The van der Waals surface area contributed by atoms with Crippen LogP contribution < -0.4 is 5.73 Å². The number of rotatable bonds is 3. The van der Waals surface area contributed by atoms with E-state index in [1.54, 1.807) is 17.3 Å². The van der Waals surface area contributed by atoms with Crippen molar-refractivity contribution < 1.29 is 17.9 Å². The average Bonchev–Trinajstić information content (AvgIpc) is 3.09. The number of methoxy groups -OCH3 is 1. The molecule has 3 atom stereocenters. The number of esters is 1. The summed E-state index contributed by atoms with van der Waals surface area (Å²) in [5.41, 5.74) is 6.99. The Morgan fingerprint density at radius 1 is 1.30 bits per heavy atom. The minimum atomic E-state index is -3.56. The minimum absolute atomic E-state index is 0.1000. The zero-order valence-corrected chi connectivity index (χ0v) is 14.2. The molecule has 0 spiro atoms. The molecule has 1 aromatic rings. The van der Waals surface area contributed by atoms with Crippen molar-refractivity contribution in [2.45, 2.75) is 30.7 Å². The third kappa shape index (κ3) is 2.77. The van der Waals surface area contributed by atoms with Crippen LogP contribution in [0.15, 0.2) is 23.1 Å². The highest BCUT2D eigenvalue weighted by Crippen LogP contribution is 2.39. The second kappa shape index (κ2) is 5.89. The van der Waals surface area contributed by atoms with Gasteiger partial charge in [-0.3, -0.25) is 0 Å². The number of sulfonamides is 1. The number of benzene rings is 1. The fourth-order valence-electron chi connectivity index (χ4n) is 3.79. The number of aryl methyl sites for hydroxylation is 1. The van der Waals surface area contributed by atoms with Gasteiger partial charge < -0.3 is 10.5 Å². The molecular formula is C16H22N2O4S. The molecule has 1 heterocycles. The highest BCUT2D eigenvalue weighted by atomic mass is 32.2. The summed E-state index contributed by atoms with van der Waals surface area (Å²) in [7, 11) is -2.26. The molecule has 0 bridgehead atoms. The van der Waals surface area contributed by atoms with Gasteiger partial charge in [0.2, 0.25) is 10.0 Å². The third-order valence-electron chi connectivity index (χ3n) is 5.09. The molecule has 1 saturated heterocycles. The van der Waals surface area contributed by atoms with Gasteiger partial charge in [0.25, 0.3) is 0 Å². The molecule has 3 unspecified atom stereocenters. The van der Waals surface area contributed by atoms with Crippen LogP contribution in [0.25, 0.3) is 0 Å². The monoisotopic (exact) mass is 338 g/mol. The Kier molecular flexibility index (Phi) is 4.20. The second-order valence-corrected chi connectivity index (χ2v) is 8.37. The van der Waals surface area contributed by atoms with E-state index in [2.05, 4.69) is 4.74 Å². The van der Waals surface area contributed by atoms with Gasteiger partial charge in [0.05, 0.1) is 17.6 Å². The molecule has 0 aromatic heterocycles. The van der Waals surface area contributed by atoms with Crippen molar-refractivity contribution in [3.8, 4) is 0 Å². The minimum Gasteiger partial charge on any atom is -0.465 e. The van der Waals surface area contributed by atoms with Gasteiger partial charge in [0, 0.05) is 19.1 Å². The summed E-state index contributed by atoms with van der Waals surface area (Å²) in [5.74, 6) is 0.160. The number of hydrogen-bond acceptors (Lipinski definition) is 5. The lowest BCUT2D eigenvalue weighted by molar-refractivity contribution is 0.0600. The van der Waals surface area contributed by atoms with Crippen molar-refractivity contribution in [3.63, 3.8) is 0 Å². The number of carbonyl (C=O) groups excluding carboxylic acids is 1. The van der Waals surface area contributed by atoms with Crippen LogP contribution in [0.4, 0.5) is 0 Å². The van der Waals surface area contributed by atoms with Crippen molar-refractivity contribution in [2.75, 3.05) is 20.2 Å². The largest absolute Gasteiger partial charge is 0.465 e. The lowest BCUT2D eigenvalue weighted by Gasteiger charge is -2.20. The number of hydrogen-bond donors (Lipinski definition) is 1. The Balaban J connectivity index is 1.87. The molecule has 6 nitrogen and oxygen atoms in total. The standard InChI is InChI=1S/C16H22N2O4S/c1-10-7-11(16(19)22-2)4-6-15(10)23(20,21)18-8-12-3-5-14(17)13(12)9-18/h4,6-7,12-14H,3,5,8-9,17H2,1-2H3. The molecule has 3 rings (SSSR count). The van der Waals surface area contributed by atoms with E-state index in [-0.39, 0.29) is 16.9 Å². The van der Waals surface area contributed by atoms with Gasteiger partial charge in [-0.2, -0.15) is 4.31 Å². The summed E-state index contributed by atoms with van der Waals surface area (Å²) in [4.78, 5) is 11.8. The van der Waals surface area contributed by atoms with E-state index in [1.807, 2.05) is 0 Å². The summed E-state index contributed by atoms with van der Waals surface area (Å²) < 4.78 is 32.0. The highest BCUT2D eigenvalue weighted by molar-refractivity contribution is 7.89. The predicted octanol–water partition coefficient (Wildman–Crippen LogP) is 1.14. The number of fused-ring (bicyclic) bond motifs is 1. The van der Waals surface area contributed by atoms with Crippen LogP contribution in [0.5, 0.6) is 0 Å². The summed E-state index contributed by atoms with van der Waals surface area (Å²) in [6, 6.07) is 4.64. The first-order valence-electron chi connectivity index (χ1n) is 7.79. The first kappa shape index (κ1) is 16.4. The first-order chi connectivity index (χ1) is 10.8. The summed E-state index contributed by atoms with van der Waals surface area (Å²) in [6.45, 7) is 2.73. The number of nitrogens with zero attached hydrogens (tertiary/aromatic N) is 1. The molecule has 0 radical (unpaired) electrons. The Bertz CT molecular complexity index is 732. The van der Waals surface area contributed by atoms with Crippen molar-refractivity contribution in [3.05, 3.63) is 29.3 Å². The molecule has 126 valence electrons.